The van der Waals surface area contributed by atoms with Crippen LogP contribution >= 0.6 is 0 Å². The summed E-state index contributed by atoms with van der Waals surface area (Å²) in [4.78, 5) is 30.0. The average Bonchev–Trinajstić information content (AvgIpc) is 3.59. The Bertz CT molecular complexity index is 1670. The van der Waals surface area contributed by atoms with E-state index >= 15 is 0 Å². The number of benzene rings is 2. The number of amides is 2. The number of hydrogen-bond donors (Lipinski definition) is 2. The second-order valence-corrected chi connectivity index (χ2v) is 9.54. The first-order valence-corrected chi connectivity index (χ1v) is 12.2. The predicted molar refractivity (Wildman–Crippen MR) is 139 cm³/mol. The fraction of sp³-hybridized carbons (Fsp3) is 0.214. The number of aryl methyl sites for hydroxylation is 1. The number of halogens is 1. The Balaban J connectivity index is 1.29. The van der Waals surface area contributed by atoms with Gasteiger partial charge in [-0.2, -0.15) is 0 Å². The second kappa shape index (κ2) is 8.85. The second-order valence-electron chi connectivity index (χ2n) is 9.54. The fourth-order valence-corrected chi connectivity index (χ4v) is 4.52. The summed E-state index contributed by atoms with van der Waals surface area (Å²) in [6.07, 6.45) is 5.46. The third kappa shape index (κ3) is 4.44. The molecule has 0 spiro atoms. The van der Waals surface area contributed by atoms with Crippen LogP contribution in [0.1, 0.15) is 41.7 Å². The molecule has 3 heterocycles. The van der Waals surface area contributed by atoms with Crippen LogP contribution in [0.3, 0.4) is 0 Å². The molecule has 1 atom stereocenters. The summed E-state index contributed by atoms with van der Waals surface area (Å²) in [7, 11) is 1.90. The fourth-order valence-electron chi connectivity index (χ4n) is 4.52. The van der Waals surface area contributed by atoms with Gasteiger partial charge in [0.05, 0.1) is 17.3 Å². The molecule has 0 bridgehead atoms. The standard InChI is InChI=1S/C28H25FN6O2/c1-16(17-5-8-20(29)9-6-17)30-28(37)22-15-34(2)24-10-7-19(13-21(22)24)23-11-12-35-26(31-23)14-25(33-35)32-27(36)18-3-4-18/h5-16,18H,3-4H2,1-2H3,(H,30,37)(H,32,33,36). The lowest BCUT2D eigenvalue weighted by atomic mass is 10.1. The van der Waals surface area contributed by atoms with E-state index in [1.807, 2.05) is 49.0 Å². The van der Waals surface area contributed by atoms with Crippen molar-refractivity contribution in [2.24, 2.45) is 13.0 Å². The van der Waals surface area contributed by atoms with Crippen molar-refractivity contribution in [3.63, 3.8) is 0 Å². The smallest absolute Gasteiger partial charge is 0.253 e. The van der Waals surface area contributed by atoms with Gasteiger partial charge < -0.3 is 15.2 Å². The molecule has 2 aromatic carbocycles. The number of rotatable bonds is 6. The summed E-state index contributed by atoms with van der Waals surface area (Å²) < 4.78 is 16.8. The number of hydrogen-bond acceptors (Lipinski definition) is 4. The molecule has 0 aliphatic heterocycles. The van der Waals surface area contributed by atoms with Crippen LogP contribution in [0.2, 0.25) is 0 Å². The molecule has 0 radical (unpaired) electrons. The Labute approximate surface area is 212 Å². The molecule has 1 aliphatic carbocycles. The topological polar surface area (TPSA) is 93.3 Å². The molecule has 1 aliphatic rings. The van der Waals surface area contributed by atoms with Gasteiger partial charge in [0, 0.05) is 47.9 Å². The number of nitrogens with one attached hydrogen (secondary N) is 2. The number of nitrogens with zero attached hydrogens (tertiary/aromatic N) is 4. The lowest BCUT2D eigenvalue weighted by molar-refractivity contribution is -0.117. The Morgan fingerprint density at radius 1 is 1.08 bits per heavy atom. The molecule has 6 rings (SSSR count). The zero-order valence-corrected chi connectivity index (χ0v) is 20.4. The van der Waals surface area contributed by atoms with Crippen LogP contribution in [0.4, 0.5) is 10.2 Å². The van der Waals surface area contributed by atoms with Gasteiger partial charge in [-0.1, -0.05) is 18.2 Å². The highest BCUT2D eigenvalue weighted by Crippen LogP contribution is 2.31. The molecule has 37 heavy (non-hydrogen) atoms. The lowest BCUT2D eigenvalue weighted by Gasteiger charge is -2.14. The minimum absolute atomic E-state index is 0.00212. The normalized spacial score (nSPS) is 14.1. The first-order chi connectivity index (χ1) is 17.9. The molecule has 3 aromatic heterocycles. The van der Waals surface area contributed by atoms with E-state index in [2.05, 4.69) is 15.7 Å². The minimum Gasteiger partial charge on any atom is -0.350 e. The average molecular weight is 497 g/mol. The highest BCUT2D eigenvalue weighted by Gasteiger charge is 2.30. The number of anilines is 1. The van der Waals surface area contributed by atoms with Gasteiger partial charge in [0.15, 0.2) is 11.5 Å². The Morgan fingerprint density at radius 2 is 1.86 bits per heavy atom. The Morgan fingerprint density at radius 3 is 2.62 bits per heavy atom. The van der Waals surface area contributed by atoms with Crippen molar-refractivity contribution >= 4 is 34.2 Å². The summed E-state index contributed by atoms with van der Waals surface area (Å²) in [5.41, 5.74) is 4.48. The van der Waals surface area contributed by atoms with E-state index in [1.54, 1.807) is 28.9 Å². The largest absolute Gasteiger partial charge is 0.350 e. The van der Waals surface area contributed by atoms with Gasteiger partial charge in [-0.05, 0) is 55.7 Å². The third-order valence-corrected chi connectivity index (χ3v) is 6.77. The van der Waals surface area contributed by atoms with Gasteiger partial charge in [-0.3, -0.25) is 9.59 Å². The van der Waals surface area contributed by atoms with E-state index in [-0.39, 0.29) is 29.6 Å². The van der Waals surface area contributed by atoms with Crippen LogP contribution in [-0.2, 0) is 11.8 Å². The van der Waals surface area contributed by atoms with E-state index in [0.717, 1.165) is 40.6 Å². The van der Waals surface area contributed by atoms with Crippen molar-refractivity contribution in [3.05, 3.63) is 83.9 Å². The van der Waals surface area contributed by atoms with Crippen molar-refractivity contribution < 1.29 is 14.0 Å². The van der Waals surface area contributed by atoms with E-state index in [0.29, 0.717) is 17.0 Å². The van der Waals surface area contributed by atoms with Crippen LogP contribution < -0.4 is 10.6 Å². The van der Waals surface area contributed by atoms with Crippen molar-refractivity contribution in [2.75, 3.05) is 5.32 Å². The summed E-state index contributed by atoms with van der Waals surface area (Å²) >= 11 is 0. The lowest BCUT2D eigenvalue weighted by Crippen LogP contribution is -2.26. The van der Waals surface area contributed by atoms with Gasteiger partial charge in [0.25, 0.3) is 5.91 Å². The molecule has 0 saturated heterocycles. The van der Waals surface area contributed by atoms with Gasteiger partial charge in [0.1, 0.15) is 5.82 Å². The molecular weight excluding hydrogens is 471 g/mol. The molecule has 1 fully saturated rings. The first-order valence-electron chi connectivity index (χ1n) is 12.2. The van der Waals surface area contributed by atoms with Crippen LogP contribution in [-0.4, -0.2) is 31.0 Å². The highest BCUT2D eigenvalue weighted by molar-refractivity contribution is 6.08. The van der Waals surface area contributed by atoms with E-state index in [4.69, 9.17) is 4.98 Å². The van der Waals surface area contributed by atoms with Gasteiger partial charge in [-0.15, -0.1) is 5.10 Å². The number of carbonyl (C=O) groups is 2. The molecule has 2 amide bonds. The molecule has 9 heteroatoms. The molecular formula is C28H25FN6O2. The third-order valence-electron chi connectivity index (χ3n) is 6.77. The number of carbonyl (C=O) groups excluding carboxylic acids is 2. The molecule has 5 aromatic rings. The van der Waals surface area contributed by atoms with Gasteiger partial charge in [-0.25, -0.2) is 13.9 Å². The van der Waals surface area contributed by atoms with Gasteiger partial charge in [0.2, 0.25) is 5.91 Å². The van der Waals surface area contributed by atoms with Crippen molar-refractivity contribution in [3.8, 4) is 11.3 Å². The maximum Gasteiger partial charge on any atom is 0.253 e. The Kier molecular flexibility index (Phi) is 5.48. The summed E-state index contributed by atoms with van der Waals surface area (Å²) in [6, 6.07) is 15.3. The highest BCUT2D eigenvalue weighted by atomic mass is 19.1. The number of fused-ring (bicyclic) bond motifs is 2. The van der Waals surface area contributed by atoms with Crippen molar-refractivity contribution in [2.45, 2.75) is 25.8 Å². The quantitative estimate of drug-likeness (QED) is 0.351. The van der Waals surface area contributed by atoms with Crippen molar-refractivity contribution in [1.82, 2.24) is 24.5 Å². The summed E-state index contributed by atoms with van der Waals surface area (Å²) in [5, 5.41) is 11.1. The first kappa shape index (κ1) is 22.9. The maximum absolute atomic E-state index is 13.3. The molecule has 186 valence electrons. The minimum atomic E-state index is -0.314. The van der Waals surface area contributed by atoms with Gasteiger partial charge >= 0.3 is 0 Å². The van der Waals surface area contributed by atoms with Crippen LogP contribution in [0.25, 0.3) is 27.8 Å². The molecule has 8 nitrogen and oxygen atoms in total. The number of aromatic nitrogens is 4. The summed E-state index contributed by atoms with van der Waals surface area (Å²) in [5.74, 6) is 0.0450. The molecule has 2 N–H and O–H groups in total. The predicted octanol–water partition coefficient (Wildman–Crippen LogP) is 4.87. The zero-order chi connectivity index (χ0) is 25.7. The summed E-state index contributed by atoms with van der Waals surface area (Å²) in [6.45, 7) is 1.87. The van der Waals surface area contributed by atoms with Crippen LogP contribution in [0, 0.1) is 11.7 Å². The van der Waals surface area contributed by atoms with Crippen molar-refractivity contribution in [1.29, 1.82) is 0 Å². The van der Waals surface area contributed by atoms with E-state index in [9.17, 15) is 14.0 Å². The van der Waals surface area contributed by atoms with Crippen LogP contribution in [0.5, 0.6) is 0 Å². The maximum atomic E-state index is 13.3. The SMILES string of the molecule is CC(NC(=O)c1cn(C)c2ccc(-c3ccn4nc(NC(=O)C5CC5)cc4n3)cc12)c1ccc(F)cc1. The monoisotopic (exact) mass is 496 g/mol. The Hall–Kier alpha value is -4.53. The van der Waals surface area contributed by atoms with E-state index < -0.39 is 0 Å². The van der Waals surface area contributed by atoms with E-state index in [1.165, 1.54) is 12.1 Å². The zero-order valence-electron chi connectivity index (χ0n) is 20.4. The molecule has 1 unspecified atom stereocenters. The molecule has 1 saturated carbocycles. The van der Waals surface area contributed by atoms with Crippen LogP contribution in [0.15, 0.2) is 67.0 Å².